The molecule has 1 aliphatic heterocycles. The molecule has 31 heavy (non-hydrogen) atoms. The molecule has 0 spiro atoms. The number of benzene rings is 2. The van der Waals surface area contributed by atoms with E-state index >= 15 is 0 Å². The molecule has 2 aromatic carbocycles. The molecule has 0 aromatic heterocycles. The minimum Gasteiger partial charge on any atom is -0.469 e. The van der Waals surface area contributed by atoms with Crippen LogP contribution in [0, 0.1) is 29.2 Å². The molecule has 1 aliphatic rings. The summed E-state index contributed by atoms with van der Waals surface area (Å²) in [6, 6.07) is 8.97. The van der Waals surface area contributed by atoms with Crippen LogP contribution in [0.1, 0.15) is 11.1 Å². The van der Waals surface area contributed by atoms with Gasteiger partial charge in [0.2, 0.25) is 0 Å². The molecule has 0 aliphatic carbocycles. The quantitative estimate of drug-likeness (QED) is 0.335. The van der Waals surface area contributed by atoms with E-state index in [4.69, 9.17) is 9.47 Å². The Kier molecular flexibility index (Phi) is 6.49. The average molecular weight is 440 g/mol. The maximum atomic E-state index is 14.7. The van der Waals surface area contributed by atoms with Crippen LogP contribution in [0.3, 0.4) is 0 Å². The van der Waals surface area contributed by atoms with E-state index in [1.54, 1.807) is 30.3 Å². The number of methoxy groups -OCH3 is 1. The number of nitrogens with one attached hydrogen (secondary N) is 1. The smallest absolute Gasteiger partial charge is 0.410 e. The molecule has 1 fully saturated rings. The highest BCUT2D eigenvalue weighted by Crippen LogP contribution is 2.41. The van der Waals surface area contributed by atoms with Crippen molar-refractivity contribution < 1.29 is 36.6 Å². The van der Waals surface area contributed by atoms with Gasteiger partial charge >= 0.3 is 12.1 Å². The van der Waals surface area contributed by atoms with E-state index in [1.807, 2.05) is 0 Å². The lowest BCUT2D eigenvalue weighted by Crippen LogP contribution is -2.51. The Hall–Kier alpha value is -3.14. The fourth-order valence-electron chi connectivity index (χ4n) is 3.83. The SMILES string of the molecule is CNC1(c2c(F)cc(F)c(F)c2F)CN(C(=O)OCc2ccccc2)CC1C(=O)OC. The fraction of sp³-hybridized carbons (Fsp3) is 0.333. The molecule has 0 saturated carbocycles. The van der Waals surface area contributed by atoms with Crippen LogP contribution in [0.5, 0.6) is 0 Å². The molecule has 1 N–H and O–H groups in total. The van der Waals surface area contributed by atoms with Crippen LogP contribution in [-0.4, -0.2) is 44.2 Å². The first-order valence-electron chi connectivity index (χ1n) is 9.31. The number of hydrogen-bond acceptors (Lipinski definition) is 5. The number of hydrogen-bond donors (Lipinski definition) is 1. The summed E-state index contributed by atoms with van der Waals surface area (Å²) in [5, 5.41) is 2.63. The largest absolute Gasteiger partial charge is 0.469 e. The van der Waals surface area contributed by atoms with Crippen LogP contribution in [0.25, 0.3) is 0 Å². The summed E-state index contributed by atoms with van der Waals surface area (Å²) < 4.78 is 66.7. The summed E-state index contributed by atoms with van der Waals surface area (Å²) >= 11 is 0. The van der Waals surface area contributed by atoms with Crippen LogP contribution in [0.15, 0.2) is 36.4 Å². The molecule has 2 unspecified atom stereocenters. The van der Waals surface area contributed by atoms with Crippen LogP contribution in [0.4, 0.5) is 22.4 Å². The predicted octanol–water partition coefficient (Wildman–Crippen LogP) is 3.10. The number of rotatable bonds is 5. The molecule has 1 saturated heterocycles. The molecule has 6 nitrogen and oxygen atoms in total. The zero-order valence-electron chi connectivity index (χ0n) is 16.8. The van der Waals surface area contributed by atoms with E-state index in [1.165, 1.54) is 7.05 Å². The zero-order chi connectivity index (χ0) is 22.8. The number of ether oxygens (including phenoxy) is 2. The molecule has 1 heterocycles. The molecule has 0 bridgehead atoms. The third kappa shape index (κ3) is 4.07. The number of halogens is 4. The average Bonchev–Trinajstić information content (AvgIpc) is 3.16. The van der Waals surface area contributed by atoms with Crippen molar-refractivity contribution in [3.63, 3.8) is 0 Å². The van der Waals surface area contributed by atoms with E-state index in [2.05, 4.69) is 5.32 Å². The number of esters is 1. The first-order valence-corrected chi connectivity index (χ1v) is 9.31. The fourth-order valence-corrected chi connectivity index (χ4v) is 3.83. The zero-order valence-corrected chi connectivity index (χ0v) is 16.8. The van der Waals surface area contributed by atoms with Gasteiger partial charge in [-0.1, -0.05) is 30.3 Å². The Bertz CT molecular complexity index is 989. The molecule has 166 valence electrons. The van der Waals surface area contributed by atoms with E-state index in [9.17, 15) is 27.2 Å². The second kappa shape index (κ2) is 8.93. The van der Waals surface area contributed by atoms with Gasteiger partial charge in [0.05, 0.1) is 18.6 Å². The van der Waals surface area contributed by atoms with Crippen molar-refractivity contribution in [2.24, 2.45) is 5.92 Å². The molecular formula is C21H20F4N2O4. The minimum atomic E-state index is -1.92. The van der Waals surface area contributed by atoms with Gasteiger partial charge in [-0.05, 0) is 12.6 Å². The van der Waals surface area contributed by atoms with Gasteiger partial charge in [-0.3, -0.25) is 4.79 Å². The predicted molar refractivity (Wildman–Crippen MR) is 101 cm³/mol. The summed E-state index contributed by atoms with van der Waals surface area (Å²) in [6.07, 6.45) is -0.849. The summed E-state index contributed by atoms with van der Waals surface area (Å²) in [5.74, 6) is -9.01. The van der Waals surface area contributed by atoms with E-state index < -0.39 is 58.9 Å². The summed E-state index contributed by atoms with van der Waals surface area (Å²) in [6.45, 7) is -0.839. The topological polar surface area (TPSA) is 67.9 Å². The number of carbonyl (C=O) groups is 2. The van der Waals surface area contributed by atoms with Crippen LogP contribution in [-0.2, 0) is 26.4 Å². The highest BCUT2D eigenvalue weighted by molar-refractivity contribution is 5.78. The van der Waals surface area contributed by atoms with E-state index in [-0.39, 0.29) is 19.2 Å². The van der Waals surface area contributed by atoms with Gasteiger partial charge in [-0.2, -0.15) is 0 Å². The van der Waals surface area contributed by atoms with Gasteiger partial charge in [-0.15, -0.1) is 0 Å². The maximum Gasteiger partial charge on any atom is 0.410 e. The van der Waals surface area contributed by atoms with E-state index in [0.29, 0.717) is 5.56 Å². The van der Waals surface area contributed by atoms with Crippen LogP contribution < -0.4 is 5.32 Å². The molecule has 2 atom stereocenters. The van der Waals surface area contributed by atoms with Crippen molar-refractivity contribution in [2.45, 2.75) is 12.1 Å². The molecule has 0 radical (unpaired) electrons. The molecule has 1 amide bonds. The minimum absolute atomic E-state index is 0.0699. The lowest BCUT2D eigenvalue weighted by molar-refractivity contribution is -0.147. The summed E-state index contributed by atoms with van der Waals surface area (Å²) in [5.41, 5.74) is -2.11. The monoisotopic (exact) mass is 440 g/mol. The van der Waals surface area contributed by atoms with Crippen molar-refractivity contribution in [1.29, 1.82) is 0 Å². The standard InChI is InChI=1S/C21H20F4N2O4/c1-26-21(16-14(22)8-15(23)17(24)18(16)25)11-27(9-13(21)19(28)30-2)20(29)31-10-12-6-4-3-5-7-12/h3-8,13,26H,9-11H2,1-2H3. The summed E-state index contributed by atoms with van der Waals surface area (Å²) in [4.78, 5) is 26.1. The Morgan fingerprint density at radius 3 is 2.42 bits per heavy atom. The molecular weight excluding hydrogens is 420 g/mol. The Morgan fingerprint density at radius 2 is 1.81 bits per heavy atom. The van der Waals surface area contributed by atoms with Crippen molar-refractivity contribution in [2.75, 3.05) is 27.2 Å². The van der Waals surface area contributed by atoms with Crippen molar-refractivity contribution in [3.8, 4) is 0 Å². The van der Waals surface area contributed by atoms with Gasteiger partial charge in [0.1, 0.15) is 12.4 Å². The molecule has 2 aromatic rings. The van der Waals surface area contributed by atoms with Crippen molar-refractivity contribution in [3.05, 3.63) is 70.8 Å². The number of likely N-dealkylation sites (N-methyl/N-ethyl adjacent to an activating group) is 1. The second-order valence-corrected chi connectivity index (χ2v) is 7.06. The van der Waals surface area contributed by atoms with E-state index in [0.717, 1.165) is 12.0 Å². The number of amides is 1. The van der Waals surface area contributed by atoms with Gasteiger partial charge in [0, 0.05) is 24.7 Å². The third-order valence-corrected chi connectivity index (χ3v) is 5.39. The highest BCUT2D eigenvalue weighted by atomic mass is 19.2. The number of carbonyl (C=O) groups excluding carboxylic acids is 2. The first kappa shape index (κ1) is 22.5. The number of likely N-dealkylation sites (tertiary alicyclic amines) is 1. The van der Waals surface area contributed by atoms with Gasteiger partial charge in [0.15, 0.2) is 17.5 Å². The van der Waals surface area contributed by atoms with Crippen LogP contribution >= 0.6 is 0 Å². The Morgan fingerprint density at radius 1 is 1.13 bits per heavy atom. The molecule has 10 heteroatoms. The van der Waals surface area contributed by atoms with Gasteiger partial charge < -0.3 is 19.7 Å². The second-order valence-electron chi connectivity index (χ2n) is 7.06. The first-order chi connectivity index (χ1) is 14.7. The van der Waals surface area contributed by atoms with Gasteiger partial charge in [-0.25, -0.2) is 22.4 Å². The van der Waals surface area contributed by atoms with Crippen LogP contribution in [0.2, 0.25) is 0 Å². The van der Waals surface area contributed by atoms with Crippen molar-refractivity contribution >= 4 is 12.1 Å². The van der Waals surface area contributed by atoms with Gasteiger partial charge in [0.25, 0.3) is 0 Å². The highest BCUT2D eigenvalue weighted by Gasteiger charge is 2.55. The number of nitrogens with zero attached hydrogens (tertiary/aromatic N) is 1. The Labute approximate surface area is 175 Å². The lowest BCUT2D eigenvalue weighted by Gasteiger charge is -2.34. The Balaban J connectivity index is 1.96. The summed E-state index contributed by atoms with van der Waals surface area (Å²) in [7, 11) is 2.35. The lowest BCUT2D eigenvalue weighted by atomic mass is 9.79. The molecule has 3 rings (SSSR count). The maximum absolute atomic E-state index is 14.7. The normalized spacial score (nSPS) is 20.6. The third-order valence-electron chi connectivity index (χ3n) is 5.39. The van der Waals surface area contributed by atoms with Crippen molar-refractivity contribution in [1.82, 2.24) is 10.2 Å².